The van der Waals surface area contributed by atoms with Crippen LogP contribution in [0.1, 0.15) is 32.6 Å². The number of amides is 1. The van der Waals surface area contributed by atoms with E-state index >= 15 is 0 Å². The number of halogens is 1. The number of hydrogen-bond donors (Lipinski definition) is 4. The number of carboxylic acids is 2. The molecule has 0 fully saturated rings. The van der Waals surface area contributed by atoms with Crippen molar-refractivity contribution in [3.63, 3.8) is 0 Å². The molecule has 0 aliphatic carbocycles. The zero-order chi connectivity index (χ0) is 15.7. The lowest BCUT2D eigenvalue weighted by atomic mass is 10.1. The molecule has 0 radical (unpaired) electrons. The molecule has 2 atom stereocenters. The van der Waals surface area contributed by atoms with Gasteiger partial charge in [-0.1, -0.05) is 0 Å². The van der Waals surface area contributed by atoms with E-state index < -0.39 is 29.9 Å². The first kappa shape index (κ1) is 18.8. The van der Waals surface area contributed by atoms with Crippen molar-refractivity contribution in [3.05, 3.63) is 0 Å². The van der Waals surface area contributed by atoms with E-state index in [1.165, 1.54) is 6.92 Å². The van der Waals surface area contributed by atoms with E-state index in [4.69, 9.17) is 10.2 Å². The summed E-state index contributed by atoms with van der Waals surface area (Å²) in [5.74, 6) is -3.02. The van der Waals surface area contributed by atoms with Crippen LogP contribution in [-0.4, -0.2) is 45.9 Å². The summed E-state index contributed by atoms with van der Waals surface area (Å²) in [7, 11) is 0. The Bertz CT molecular complexity index is 387. The van der Waals surface area contributed by atoms with Gasteiger partial charge in [-0.3, -0.25) is 9.59 Å². The minimum Gasteiger partial charge on any atom is -0.480 e. The van der Waals surface area contributed by atoms with Crippen LogP contribution in [0.5, 0.6) is 0 Å². The molecular weight excluding hydrogens is 383 g/mol. The van der Waals surface area contributed by atoms with Crippen molar-refractivity contribution in [2.24, 2.45) is 0 Å². The second-order valence-electron chi connectivity index (χ2n) is 4.24. The van der Waals surface area contributed by atoms with Crippen molar-refractivity contribution in [1.82, 2.24) is 8.85 Å². The van der Waals surface area contributed by atoms with Crippen molar-refractivity contribution >= 4 is 46.5 Å². The second kappa shape index (κ2) is 9.64. The predicted molar refractivity (Wildman–Crippen MR) is 77.3 cm³/mol. The average molecular weight is 400 g/mol. The first-order valence-electron chi connectivity index (χ1n) is 5.88. The summed E-state index contributed by atoms with van der Waals surface area (Å²) in [6, 6.07) is -2.01. The Morgan fingerprint density at radius 3 is 1.90 bits per heavy atom. The largest absolute Gasteiger partial charge is 0.480 e. The fraction of sp³-hybridized carbons (Fsp3) is 0.636. The summed E-state index contributed by atoms with van der Waals surface area (Å²) in [4.78, 5) is 44.0. The molecule has 0 aromatic heterocycles. The molecule has 0 rings (SSSR count). The van der Waals surface area contributed by atoms with E-state index in [0.29, 0.717) is 0 Å². The van der Waals surface area contributed by atoms with Crippen LogP contribution in [0.2, 0.25) is 0 Å². The monoisotopic (exact) mass is 400 g/mol. The highest BCUT2D eigenvalue weighted by atomic mass is 127. The maximum Gasteiger partial charge on any atom is 0.326 e. The van der Waals surface area contributed by atoms with Gasteiger partial charge in [0.05, 0.1) is 0 Å². The van der Waals surface area contributed by atoms with Gasteiger partial charge in [0.25, 0.3) is 0 Å². The fourth-order valence-corrected chi connectivity index (χ4v) is 1.95. The standard InChI is InChI=1S/C11H17IN2O6/c1-6(15)2-3-7(10(17)18)13-9(16)5-4-8(14-12)11(19)20/h7-8,14H,2-5H2,1H3,(H,13,16)(H,17,18)(H,19,20)/t7-,8-/m0/s1. The Morgan fingerprint density at radius 1 is 1.00 bits per heavy atom. The van der Waals surface area contributed by atoms with E-state index in [1.807, 2.05) is 0 Å². The Morgan fingerprint density at radius 2 is 1.50 bits per heavy atom. The molecule has 0 bridgehead atoms. The van der Waals surface area contributed by atoms with Gasteiger partial charge >= 0.3 is 11.9 Å². The highest BCUT2D eigenvalue weighted by molar-refractivity contribution is 14.1. The van der Waals surface area contributed by atoms with Crippen LogP contribution in [0, 0.1) is 0 Å². The molecule has 0 aliphatic heterocycles. The van der Waals surface area contributed by atoms with Crippen molar-refractivity contribution in [3.8, 4) is 0 Å². The Hall–Kier alpha value is -1.23. The summed E-state index contributed by atoms with van der Waals surface area (Å²) in [5, 5.41) is 20.0. The third-order valence-electron chi connectivity index (χ3n) is 2.51. The molecule has 0 aliphatic rings. The van der Waals surface area contributed by atoms with Gasteiger partial charge in [0.15, 0.2) is 0 Å². The predicted octanol–water partition coefficient (Wildman–Crippen LogP) is 0.0980. The minimum atomic E-state index is -1.22. The second-order valence-corrected chi connectivity index (χ2v) is 4.86. The van der Waals surface area contributed by atoms with Crippen LogP contribution >= 0.6 is 22.9 Å². The van der Waals surface area contributed by atoms with Crippen LogP contribution in [0.25, 0.3) is 0 Å². The number of carbonyl (C=O) groups excluding carboxylic acids is 2. The number of carboxylic acid groups (broad SMARTS) is 2. The molecule has 114 valence electrons. The number of aliphatic carboxylic acids is 2. The summed E-state index contributed by atoms with van der Waals surface area (Å²) in [6.45, 7) is 1.34. The SMILES string of the molecule is CC(=O)CC[C@H](NC(=O)CC[C@H](NI)C(=O)O)C(=O)O. The molecule has 0 saturated carbocycles. The Balaban J connectivity index is 4.29. The van der Waals surface area contributed by atoms with Gasteiger partial charge in [-0.05, 0) is 19.8 Å². The third-order valence-corrected chi connectivity index (χ3v) is 3.26. The molecule has 0 unspecified atom stereocenters. The van der Waals surface area contributed by atoms with Crippen molar-refractivity contribution in [2.45, 2.75) is 44.7 Å². The molecule has 8 nitrogen and oxygen atoms in total. The number of hydrogen-bond acceptors (Lipinski definition) is 5. The van der Waals surface area contributed by atoms with E-state index in [-0.39, 0.29) is 31.5 Å². The van der Waals surface area contributed by atoms with Gasteiger partial charge in [-0.2, -0.15) is 0 Å². The number of carbonyl (C=O) groups is 4. The first-order valence-corrected chi connectivity index (χ1v) is 6.96. The summed E-state index contributed by atoms with van der Waals surface area (Å²) in [5.41, 5.74) is 0. The molecule has 0 aromatic rings. The van der Waals surface area contributed by atoms with E-state index in [1.54, 1.807) is 22.9 Å². The molecule has 0 saturated heterocycles. The number of ketones is 1. The first-order chi connectivity index (χ1) is 9.27. The van der Waals surface area contributed by atoms with Gasteiger partial charge in [0.2, 0.25) is 5.91 Å². The summed E-state index contributed by atoms with van der Waals surface area (Å²) >= 11 is 1.67. The van der Waals surface area contributed by atoms with E-state index in [2.05, 4.69) is 8.85 Å². The zero-order valence-corrected chi connectivity index (χ0v) is 13.0. The smallest absolute Gasteiger partial charge is 0.326 e. The van der Waals surface area contributed by atoms with Crippen molar-refractivity contribution < 1.29 is 29.4 Å². The molecule has 0 spiro atoms. The van der Waals surface area contributed by atoms with Gasteiger partial charge in [0.1, 0.15) is 17.9 Å². The van der Waals surface area contributed by atoms with E-state index in [0.717, 1.165) is 0 Å². The Kier molecular flexibility index (Phi) is 9.05. The fourth-order valence-electron chi connectivity index (χ4n) is 1.37. The maximum absolute atomic E-state index is 11.6. The van der Waals surface area contributed by atoms with Crippen LogP contribution < -0.4 is 8.85 Å². The lowest BCUT2D eigenvalue weighted by Gasteiger charge is -2.15. The zero-order valence-electron chi connectivity index (χ0n) is 10.9. The van der Waals surface area contributed by atoms with Crippen LogP contribution in [0.15, 0.2) is 0 Å². The van der Waals surface area contributed by atoms with E-state index in [9.17, 15) is 19.2 Å². The normalized spacial score (nSPS) is 13.3. The minimum absolute atomic E-state index is 0.0172. The van der Waals surface area contributed by atoms with Gasteiger partial charge in [-0.25, -0.2) is 8.32 Å². The van der Waals surface area contributed by atoms with Gasteiger partial charge < -0.3 is 20.3 Å². The quantitative estimate of drug-likeness (QED) is 0.302. The van der Waals surface area contributed by atoms with Crippen LogP contribution in [0.3, 0.4) is 0 Å². The molecule has 4 N–H and O–H groups in total. The summed E-state index contributed by atoms with van der Waals surface area (Å²) < 4.78 is 2.50. The summed E-state index contributed by atoms with van der Waals surface area (Å²) in [6.07, 6.45) is 0.00752. The van der Waals surface area contributed by atoms with Crippen LogP contribution in [-0.2, 0) is 19.2 Å². The molecule has 0 heterocycles. The lowest BCUT2D eigenvalue weighted by molar-refractivity contribution is -0.142. The third kappa shape index (κ3) is 8.04. The van der Waals surface area contributed by atoms with Crippen molar-refractivity contribution in [1.29, 1.82) is 0 Å². The average Bonchev–Trinajstić information content (AvgIpc) is 2.34. The van der Waals surface area contributed by atoms with Crippen molar-refractivity contribution in [2.75, 3.05) is 0 Å². The molecule has 20 heavy (non-hydrogen) atoms. The Labute approximate surface area is 129 Å². The molecule has 9 heteroatoms. The molecule has 1 amide bonds. The molecular formula is C11H17IN2O6. The van der Waals surface area contributed by atoms with Gasteiger partial charge in [-0.15, -0.1) is 0 Å². The van der Waals surface area contributed by atoms with Crippen LogP contribution in [0.4, 0.5) is 0 Å². The topological polar surface area (TPSA) is 133 Å². The maximum atomic E-state index is 11.6. The lowest BCUT2D eigenvalue weighted by Crippen LogP contribution is -2.41. The van der Waals surface area contributed by atoms with Gasteiger partial charge in [0, 0.05) is 35.7 Å². The highest BCUT2D eigenvalue weighted by Crippen LogP contribution is 2.03. The number of nitrogens with one attached hydrogen (secondary N) is 2. The number of rotatable bonds is 10. The highest BCUT2D eigenvalue weighted by Gasteiger charge is 2.22. The molecule has 0 aromatic carbocycles. The number of Topliss-reactive ketones (excluding diaryl/α,β-unsaturated/α-hetero) is 1.